The summed E-state index contributed by atoms with van der Waals surface area (Å²) in [5.74, 6) is 1.08. The van der Waals surface area contributed by atoms with E-state index >= 15 is 0 Å². The van der Waals surface area contributed by atoms with E-state index in [2.05, 4.69) is 0 Å². The molecule has 0 saturated heterocycles. The van der Waals surface area contributed by atoms with E-state index in [1.54, 1.807) is 24.1 Å². The molecule has 0 radical (unpaired) electrons. The molecule has 2 N–H and O–H groups in total. The molecule has 0 fully saturated rings. The number of carbonyl (C=O) groups excluding carboxylic acids is 1. The van der Waals surface area contributed by atoms with E-state index in [0.29, 0.717) is 29.4 Å². The van der Waals surface area contributed by atoms with Gasteiger partial charge in [0.1, 0.15) is 0 Å². The lowest BCUT2D eigenvalue weighted by Gasteiger charge is -2.25. The maximum absolute atomic E-state index is 12.5. The van der Waals surface area contributed by atoms with Crippen molar-refractivity contribution in [3.05, 3.63) is 17.7 Å². The maximum atomic E-state index is 12.5. The van der Waals surface area contributed by atoms with Crippen molar-refractivity contribution in [3.8, 4) is 17.2 Å². The molecule has 0 saturated carbocycles. The van der Waals surface area contributed by atoms with Crippen LogP contribution >= 0.6 is 0 Å². The van der Waals surface area contributed by atoms with Crippen molar-refractivity contribution in [1.29, 1.82) is 0 Å². The molecule has 0 aliphatic carbocycles. The number of ether oxygens (including phenoxy) is 3. The highest BCUT2D eigenvalue weighted by molar-refractivity contribution is 5.98. The summed E-state index contributed by atoms with van der Waals surface area (Å²) in [4.78, 5) is 14.1. The van der Waals surface area contributed by atoms with Crippen molar-refractivity contribution in [1.82, 2.24) is 4.90 Å². The van der Waals surface area contributed by atoms with Crippen LogP contribution in [0.1, 0.15) is 17.3 Å². The summed E-state index contributed by atoms with van der Waals surface area (Å²) in [6.45, 7) is 2.27. The summed E-state index contributed by atoms with van der Waals surface area (Å²) in [7, 11) is 6.22. The summed E-state index contributed by atoms with van der Waals surface area (Å²) in [5.41, 5.74) is 6.00. The van der Waals surface area contributed by atoms with Crippen molar-refractivity contribution in [2.75, 3.05) is 34.9 Å². The van der Waals surface area contributed by atoms with Crippen LogP contribution in [-0.2, 0) is 0 Å². The fourth-order valence-electron chi connectivity index (χ4n) is 1.82. The van der Waals surface area contributed by atoms with Gasteiger partial charge in [-0.05, 0) is 19.1 Å². The monoisotopic (exact) mass is 282 g/mol. The van der Waals surface area contributed by atoms with Crippen LogP contribution in [0.3, 0.4) is 0 Å². The molecule has 1 aromatic rings. The third-order valence-electron chi connectivity index (χ3n) is 3.26. The van der Waals surface area contributed by atoms with Crippen molar-refractivity contribution in [2.24, 2.45) is 5.73 Å². The predicted octanol–water partition coefficient (Wildman–Crippen LogP) is 1.13. The molecule has 0 aliphatic heterocycles. The smallest absolute Gasteiger partial charge is 0.257 e. The Balaban J connectivity index is 3.28. The second-order valence-corrected chi connectivity index (χ2v) is 4.38. The molecule has 112 valence electrons. The lowest BCUT2D eigenvalue weighted by molar-refractivity contribution is 0.0744. The van der Waals surface area contributed by atoms with E-state index in [-0.39, 0.29) is 11.9 Å². The molecular formula is C14H22N2O4. The van der Waals surface area contributed by atoms with Crippen LogP contribution in [0.2, 0.25) is 0 Å². The van der Waals surface area contributed by atoms with E-state index in [4.69, 9.17) is 19.9 Å². The number of carbonyl (C=O) groups is 1. The molecule has 6 nitrogen and oxygen atoms in total. The Morgan fingerprint density at radius 3 is 2.25 bits per heavy atom. The molecule has 1 atom stereocenters. The molecule has 0 spiro atoms. The Kier molecular flexibility index (Phi) is 5.64. The summed E-state index contributed by atoms with van der Waals surface area (Å²) >= 11 is 0. The van der Waals surface area contributed by atoms with Gasteiger partial charge in [0.25, 0.3) is 5.91 Å². The van der Waals surface area contributed by atoms with E-state index in [0.717, 1.165) is 0 Å². The topological polar surface area (TPSA) is 74.0 Å². The first-order chi connectivity index (χ1) is 9.51. The maximum Gasteiger partial charge on any atom is 0.257 e. The average Bonchev–Trinajstić information content (AvgIpc) is 2.50. The Morgan fingerprint density at radius 1 is 1.20 bits per heavy atom. The van der Waals surface area contributed by atoms with Crippen molar-refractivity contribution in [2.45, 2.75) is 13.0 Å². The Labute approximate surface area is 119 Å². The number of hydrogen-bond acceptors (Lipinski definition) is 5. The Bertz CT molecular complexity index is 476. The van der Waals surface area contributed by atoms with Crippen molar-refractivity contribution >= 4 is 5.91 Å². The number of rotatable bonds is 6. The third kappa shape index (κ3) is 2.96. The second kappa shape index (κ2) is 7.00. The van der Waals surface area contributed by atoms with Gasteiger partial charge in [0.05, 0.1) is 26.9 Å². The zero-order valence-corrected chi connectivity index (χ0v) is 12.6. The van der Waals surface area contributed by atoms with E-state index in [1.807, 2.05) is 6.92 Å². The standard InChI is InChI=1S/C14H22N2O4/c1-9(8-15)16(2)14(17)10-6-7-11(18-3)13(20-5)12(10)19-4/h6-7,9H,8,15H2,1-5H3. The van der Waals surface area contributed by atoms with Gasteiger partial charge in [-0.1, -0.05) is 0 Å². The summed E-state index contributed by atoms with van der Waals surface area (Å²) < 4.78 is 15.8. The van der Waals surface area contributed by atoms with Gasteiger partial charge in [0.2, 0.25) is 5.75 Å². The molecule has 0 heterocycles. The van der Waals surface area contributed by atoms with Gasteiger partial charge in [-0.25, -0.2) is 0 Å². The zero-order chi connectivity index (χ0) is 15.3. The number of likely N-dealkylation sites (N-methyl/N-ethyl adjacent to an activating group) is 1. The minimum atomic E-state index is -0.180. The molecule has 1 aromatic carbocycles. The Morgan fingerprint density at radius 2 is 1.80 bits per heavy atom. The number of nitrogens with two attached hydrogens (primary N) is 1. The Hall–Kier alpha value is -1.95. The van der Waals surface area contributed by atoms with Gasteiger partial charge >= 0.3 is 0 Å². The highest BCUT2D eigenvalue weighted by Gasteiger charge is 2.24. The molecule has 1 unspecified atom stereocenters. The molecule has 20 heavy (non-hydrogen) atoms. The van der Waals surface area contributed by atoms with Crippen LogP contribution in [0.5, 0.6) is 17.2 Å². The van der Waals surface area contributed by atoms with Gasteiger partial charge in [-0.15, -0.1) is 0 Å². The van der Waals surface area contributed by atoms with Crippen molar-refractivity contribution in [3.63, 3.8) is 0 Å². The minimum Gasteiger partial charge on any atom is -0.493 e. The van der Waals surface area contributed by atoms with Crippen LogP contribution in [0.15, 0.2) is 12.1 Å². The molecule has 6 heteroatoms. The first kappa shape index (κ1) is 16.1. The van der Waals surface area contributed by atoms with E-state index < -0.39 is 0 Å². The van der Waals surface area contributed by atoms with Gasteiger partial charge < -0.3 is 24.8 Å². The van der Waals surface area contributed by atoms with Crippen LogP contribution in [0, 0.1) is 0 Å². The van der Waals surface area contributed by atoms with Crippen LogP contribution in [0.25, 0.3) is 0 Å². The molecule has 1 amide bonds. The number of amides is 1. The lowest BCUT2D eigenvalue weighted by atomic mass is 10.1. The van der Waals surface area contributed by atoms with Crippen molar-refractivity contribution < 1.29 is 19.0 Å². The second-order valence-electron chi connectivity index (χ2n) is 4.38. The summed E-state index contributed by atoms with van der Waals surface area (Å²) in [5, 5.41) is 0. The SMILES string of the molecule is COc1ccc(C(=O)N(C)C(C)CN)c(OC)c1OC. The predicted molar refractivity (Wildman–Crippen MR) is 76.7 cm³/mol. The minimum absolute atomic E-state index is 0.0692. The highest BCUT2D eigenvalue weighted by atomic mass is 16.5. The quantitative estimate of drug-likeness (QED) is 0.846. The molecule has 0 bridgehead atoms. The third-order valence-corrected chi connectivity index (χ3v) is 3.26. The number of benzene rings is 1. The number of nitrogens with zero attached hydrogens (tertiary/aromatic N) is 1. The van der Waals surface area contributed by atoms with Gasteiger partial charge in [0.15, 0.2) is 11.5 Å². The largest absolute Gasteiger partial charge is 0.493 e. The summed E-state index contributed by atoms with van der Waals surface area (Å²) in [6.07, 6.45) is 0. The molecule has 0 aliphatic rings. The van der Waals surface area contributed by atoms with E-state index in [1.165, 1.54) is 21.3 Å². The van der Waals surface area contributed by atoms with Crippen LogP contribution in [-0.4, -0.2) is 51.8 Å². The molecule has 1 rings (SSSR count). The fraction of sp³-hybridized carbons (Fsp3) is 0.500. The first-order valence-corrected chi connectivity index (χ1v) is 6.27. The normalized spacial score (nSPS) is 11.7. The van der Waals surface area contributed by atoms with Gasteiger partial charge in [-0.2, -0.15) is 0 Å². The van der Waals surface area contributed by atoms with Gasteiger partial charge in [0, 0.05) is 19.6 Å². The van der Waals surface area contributed by atoms with E-state index in [9.17, 15) is 4.79 Å². The number of methoxy groups -OCH3 is 3. The van der Waals surface area contributed by atoms with Crippen LogP contribution < -0.4 is 19.9 Å². The average molecular weight is 282 g/mol. The zero-order valence-electron chi connectivity index (χ0n) is 12.6. The first-order valence-electron chi connectivity index (χ1n) is 6.27. The van der Waals surface area contributed by atoms with Crippen LogP contribution in [0.4, 0.5) is 0 Å². The highest BCUT2D eigenvalue weighted by Crippen LogP contribution is 2.40. The van der Waals surface area contributed by atoms with Gasteiger partial charge in [-0.3, -0.25) is 4.79 Å². The fourth-order valence-corrected chi connectivity index (χ4v) is 1.82. The molecule has 0 aromatic heterocycles. The molecular weight excluding hydrogens is 260 g/mol. The summed E-state index contributed by atoms with van der Waals surface area (Å²) in [6, 6.07) is 3.26. The number of hydrogen-bond donors (Lipinski definition) is 1. The lowest BCUT2D eigenvalue weighted by Crippen LogP contribution is -2.39.